The molecule has 0 saturated carbocycles. The van der Waals surface area contributed by atoms with Crippen LogP contribution in [0.3, 0.4) is 0 Å². The summed E-state index contributed by atoms with van der Waals surface area (Å²) in [6.45, 7) is 1.63. The minimum atomic E-state index is -0.314. The number of piperidine rings is 1. The van der Waals surface area contributed by atoms with Crippen molar-refractivity contribution in [1.29, 1.82) is 0 Å². The average molecular weight is 287 g/mol. The van der Waals surface area contributed by atoms with Crippen LogP contribution in [0.15, 0.2) is 30.5 Å². The summed E-state index contributed by atoms with van der Waals surface area (Å²) >= 11 is 0. The molecule has 2 aromatic rings. The molecule has 0 spiro atoms. The van der Waals surface area contributed by atoms with Crippen molar-refractivity contribution in [2.45, 2.75) is 18.9 Å². The Labute approximate surface area is 122 Å². The topological polar surface area (TPSA) is 81.1 Å². The molecule has 1 aliphatic heterocycles. The molecule has 3 rings (SSSR count). The summed E-state index contributed by atoms with van der Waals surface area (Å²) in [6.07, 6.45) is 3.48. The smallest absolute Gasteiger partial charge is 0.220 e. The summed E-state index contributed by atoms with van der Waals surface area (Å²) in [4.78, 5) is 10.5. The number of hydrogen-bond acceptors (Lipinski definition) is 5. The first-order valence-electron chi connectivity index (χ1n) is 7.03. The van der Waals surface area contributed by atoms with Gasteiger partial charge in [-0.3, -0.25) is 0 Å². The van der Waals surface area contributed by atoms with E-state index >= 15 is 0 Å². The molecule has 4 N–H and O–H groups in total. The van der Waals surface area contributed by atoms with Crippen molar-refractivity contribution in [2.75, 3.05) is 23.7 Å². The highest BCUT2D eigenvalue weighted by atomic mass is 19.1. The van der Waals surface area contributed by atoms with Crippen LogP contribution in [-0.4, -0.2) is 29.1 Å². The van der Waals surface area contributed by atoms with Crippen molar-refractivity contribution >= 4 is 11.6 Å². The van der Waals surface area contributed by atoms with Gasteiger partial charge in [-0.05, 0) is 25.0 Å². The van der Waals surface area contributed by atoms with E-state index in [1.807, 2.05) is 0 Å². The van der Waals surface area contributed by atoms with Crippen LogP contribution < -0.4 is 16.4 Å². The molecule has 0 amide bonds. The Hall–Kier alpha value is -2.21. The number of halogens is 1. The van der Waals surface area contributed by atoms with Crippen molar-refractivity contribution in [2.24, 2.45) is 5.73 Å². The molecule has 1 aromatic heterocycles. The number of nitrogen functional groups attached to an aromatic ring is 1. The fraction of sp³-hybridized carbons (Fsp3) is 0.333. The average Bonchev–Trinajstić information content (AvgIpc) is 2.49. The van der Waals surface area contributed by atoms with Crippen molar-refractivity contribution < 1.29 is 4.39 Å². The molecule has 1 fully saturated rings. The van der Waals surface area contributed by atoms with Gasteiger partial charge in [0, 0.05) is 24.7 Å². The highest BCUT2D eigenvalue weighted by Gasteiger charge is 2.21. The minimum Gasteiger partial charge on any atom is -0.368 e. The monoisotopic (exact) mass is 287 g/mol. The van der Waals surface area contributed by atoms with Crippen LogP contribution in [0, 0.1) is 5.82 Å². The Morgan fingerprint density at radius 3 is 2.62 bits per heavy atom. The Bertz CT molecular complexity index is 638. The normalized spacial score (nSPS) is 16.2. The molecule has 1 saturated heterocycles. The second-order valence-electron chi connectivity index (χ2n) is 5.27. The highest BCUT2D eigenvalue weighted by Crippen LogP contribution is 2.32. The third-order valence-corrected chi connectivity index (χ3v) is 3.80. The Balaban J connectivity index is 2.03. The van der Waals surface area contributed by atoms with Gasteiger partial charge in [-0.25, -0.2) is 14.4 Å². The molecule has 1 aliphatic rings. The molecule has 21 heavy (non-hydrogen) atoms. The van der Waals surface area contributed by atoms with Crippen molar-refractivity contribution in [3.63, 3.8) is 0 Å². The number of rotatable bonds is 2. The number of hydrogen-bond donors (Lipinski definition) is 2. The lowest BCUT2D eigenvalue weighted by molar-refractivity contribution is 0.501. The van der Waals surface area contributed by atoms with Gasteiger partial charge in [-0.1, -0.05) is 12.1 Å². The predicted octanol–water partition coefficient (Wildman–Crippen LogP) is 1.79. The Morgan fingerprint density at radius 1 is 1.19 bits per heavy atom. The quantitative estimate of drug-likeness (QED) is 0.880. The molecule has 1 aromatic carbocycles. The van der Waals surface area contributed by atoms with Crippen molar-refractivity contribution in [3.05, 3.63) is 36.3 Å². The molecule has 0 atom stereocenters. The van der Waals surface area contributed by atoms with Gasteiger partial charge in [-0.15, -0.1) is 0 Å². The lowest BCUT2D eigenvalue weighted by atomic mass is 10.0. The standard InChI is InChI=1S/C15H18FN5/c16-12-4-2-1-3-11(12)14-13(9-19-15(18)20-14)21-7-5-10(17)6-8-21/h1-4,9-10H,5-8,17H2,(H2,18,19,20). The lowest BCUT2D eigenvalue weighted by Crippen LogP contribution is -2.40. The van der Waals surface area contributed by atoms with Crippen molar-refractivity contribution in [1.82, 2.24) is 9.97 Å². The van der Waals surface area contributed by atoms with Crippen LogP contribution in [0.4, 0.5) is 16.0 Å². The number of anilines is 2. The fourth-order valence-electron chi connectivity index (χ4n) is 2.61. The molecule has 2 heterocycles. The minimum absolute atomic E-state index is 0.144. The van der Waals surface area contributed by atoms with Gasteiger partial charge < -0.3 is 16.4 Å². The fourth-order valence-corrected chi connectivity index (χ4v) is 2.61. The lowest BCUT2D eigenvalue weighted by Gasteiger charge is -2.32. The third-order valence-electron chi connectivity index (χ3n) is 3.80. The zero-order chi connectivity index (χ0) is 14.8. The summed E-state index contributed by atoms with van der Waals surface area (Å²) in [7, 11) is 0. The van der Waals surface area contributed by atoms with Gasteiger partial charge in [0.2, 0.25) is 5.95 Å². The van der Waals surface area contributed by atoms with E-state index in [1.54, 1.807) is 24.4 Å². The first-order chi connectivity index (χ1) is 10.1. The highest BCUT2D eigenvalue weighted by molar-refractivity contribution is 5.75. The van der Waals surface area contributed by atoms with E-state index in [1.165, 1.54) is 6.07 Å². The van der Waals surface area contributed by atoms with E-state index in [-0.39, 0.29) is 17.8 Å². The molecule has 0 aliphatic carbocycles. The summed E-state index contributed by atoms with van der Waals surface area (Å²) in [5, 5.41) is 0. The maximum Gasteiger partial charge on any atom is 0.220 e. The summed E-state index contributed by atoms with van der Waals surface area (Å²) < 4.78 is 14.1. The van der Waals surface area contributed by atoms with E-state index in [0.29, 0.717) is 11.3 Å². The van der Waals surface area contributed by atoms with Crippen molar-refractivity contribution in [3.8, 4) is 11.3 Å². The molecule has 5 nitrogen and oxygen atoms in total. The Kier molecular flexibility index (Phi) is 3.70. The molecule has 0 bridgehead atoms. The summed E-state index contributed by atoms with van der Waals surface area (Å²) in [6, 6.07) is 6.79. The summed E-state index contributed by atoms with van der Waals surface area (Å²) in [5.41, 5.74) is 13.4. The SMILES string of the molecule is Nc1ncc(N2CCC(N)CC2)c(-c2ccccc2F)n1. The van der Waals surface area contributed by atoms with E-state index in [0.717, 1.165) is 31.6 Å². The van der Waals surface area contributed by atoms with Crippen LogP contribution >= 0.6 is 0 Å². The second-order valence-corrected chi connectivity index (χ2v) is 5.27. The Morgan fingerprint density at radius 2 is 1.90 bits per heavy atom. The maximum absolute atomic E-state index is 14.1. The van der Waals surface area contributed by atoms with Gasteiger partial charge in [-0.2, -0.15) is 0 Å². The number of nitrogens with two attached hydrogens (primary N) is 2. The van der Waals surface area contributed by atoms with Crippen LogP contribution in [0.25, 0.3) is 11.3 Å². The van der Waals surface area contributed by atoms with Gasteiger partial charge in [0.05, 0.1) is 11.9 Å². The van der Waals surface area contributed by atoms with E-state index in [4.69, 9.17) is 11.5 Å². The van der Waals surface area contributed by atoms with Gasteiger partial charge in [0.1, 0.15) is 11.5 Å². The van der Waals surface area contributed by atoms with Gasteiger partial charge >= 0.3 is 0 Å². The van der Waals surface area contributed by atoms with Gasteiger partial charge in [0.15, 0.2) is 0 Å². The van der Waals surface area contributed by atoms with E-state index < -0.39 is 0 Å². The van der Waals surface area contributed by atoms with Crippen LogP contribution in [0.1, 0.15) is 12.8 Å². The predicted molar refractivity (Wildman–Crippen MR) is 81.3 cm³/mol. The number of benzene rings is 1. The molecule has 110 valence electrons. The first-order valence-corrected chi connectivity index (χ1v) is 7.03. The molecule has 6 heteroatoms. The second kappa shape index (κ2) is 5.65. The zero-order valence-electron chi connectivity index (χ0n) is 11.7. The van der Waals surface area contributed by atoms with Crippen LogP contribution in [-0.2, 0) is 0 Å². The van der Waals surface area contributed by atoms with Crippen LogP contribution in [0.5, 0.6) is 0 Å². The molecular formula is C15H18FN5. The van der Waals surface area contributed by atoms with Crippen LogP contribution in [0.2, 0.25) is 0 Å². The summed E-state index contributed by atoms with van der Waals surface area (Å²) in [5.74, 6) is -0.170. The van der Waals surface area contributed by atoms with Gasteiger partial charge in [0.25, 0.3) is 0 Å². The zero-order valence-corrected chi connectivity index (χ0v) is 11.7. The third kappa shape index (κ3) is 2.80. The number of aromatic nitrogens is 2. The molecular weight excluding hydrogens is 269 g/mol. The molecule has 0 radical (unpaired) electrons. The number of nitrogens with zero attached hydrogens (tertiary/aromatic N) is 3. The maximum atomic E-state index is 14.1. The van der Waals surface area contributed by atoms with E-state index in [2.05, 4.69) is 14.9 Å². The first kappa shape index (κ1) is 13.8. The van der Waals surface area contributed by atoms with E-state index in [9.17, 15) is 4.39 Å². The largest absolute Gasteiger partial charge is 0.368 e. The molecule has 0 unspecified atom stereocenters.